The van der Waals surface area contributed by atoms with Gasteiger partial charge >= 0.3 is 6.09 Å². The summed E-state index contributed by atoms with van der Waals surface area (Å²) in [5.74, 6) is 0.368. The fraction of sp³-hybridized carbons (Fsp3) is 0.567. The number of carbonyl (C=O) groups is 1. The predicted octanol–water partition coefficient (Wildman–Crippen LogP) is 5.71. The zero-order valence-electron chi connectivity index (χ0n) is 24.6. The first-order valence-corrected chi connectivity index (χ1v) is 16.4. The van der Waals surface area contributed by atoms with Crippen molar-refractivity contribution in [2.75, 3.05) is 31.3 Å². The number of pyridine rings is 1. The lowest BCUT2D eigenvalue weighted by molar-refractivity contribution is -0.0368. The molecular weight excluding hydrogens is 542 g/mol. The molecule has 1 aromatic carbocycles. The Morgan fingerprint density at radius 3 is 2.59 bits per heavy atom. The average molecular weight is 584 g/mol. The number of hydrogen-bond donors (Lipinski definition) is 2. The van der Waals surface area contributed by atoms with Crippen LogP contribution < -0.4 is 10.6 Å². The van der Waals surface area contributed by atoms with Crippen molar-refractivity contribution in [1.29, 1.82) is 0 Å². The lowest BCUT2D eigenvalue weighted by atomic mass is 10.0. The molecular formula is C30H41N5O5S. The Morgan fingerprint density at radius 1 is 1.17 bits per heavy atom. The first kappa shape index (κ1) is 29.3. The van der Waals surface area contributed by atoms with Gasteiger partial charge in [-0.3, -0.25) is 4.98 Å². The number of anilines is 1. The molecule has 0 spiro atoms. The number of benzene rings is 1. The van der Waals surface area contributed by atoms with Gasteiger partial charge in [-0.05, 0) is 83.9 Å². The van der Waals surface area contributed by atoms with Crippen molar-refractivity contribution >= 4 is 32.5 Å². The molecule has 1 aliphatic heterocycles. The standard InChI is InChI=1S/C30H41N5O5S/c1-19-17-21(12-13-23(19)41(5,37)38)26-25-27(20-10-11-20)34-35(24-9-6-7-16-39-24)28(25)22(18-33-26)31-14-8-15-32-29(36)40-30(2,3)4/h12-13,17-18,20,24,31H,6-11,14-16H2,1-5H3,(H,32,36). The molecule has 10 nitrogen and oxygen atoms in total. The topological polar surface area (TPSA) is 124 Å². The van der Waals surface area contributed by atoms with E-state index in [1.165, 1.54) is 6.26 Å². The van der Waals surface area contributed by atoms with Crippen molar-refractivity contribution < 1.29 is 22.7 Å². The van der Waals surface area contributed by atoms with Crippen molar-refractivity contribution in [2.45, 2.75) is 88.9 Å². The van der Waals surface area contributed by atoms with E-state index in [1.54, 1.807) is 6.07 Å². The molecule has 1 saturated heterocycles. The van der Waals surface area contributed by atoms with Crippen LogP contribution in [0.4, 0.5) is 10.5 Å². The summed E-state index contributed by atoms with van der Waals surface area (Å²) in [6.07, 6.45) is 8.34. The number of aryl methyl sites for hydroxylation is 1. The first-order valence-electron chi connectivity index (χ1n) is 14.5. The average Bonchev–Trinajstić information content (AvgIpc) is 3.66. The number of aromatic nitrogens is 3. The molecule has 0 bridgehead atoms. The lowest BCUT2D eigenvalue weighted by Crippen LogP contribution is -2.33. The van der Waals surface area contributed by atoms with Gasteiger partial charge in [0.25, 0.3) is 0 Å². The minimum Gasteiger partial charge on any atom is -0.444 e. The first-order chi connectivity index (χ1) is 19.4. The number of alkyl carbamates (subject to hydrolysis) is 1. The largest absolute Gasteiger partial charge is 0.444 e. The number of nitrogens with one attached hydrogen (secondary N) is 2. The molecule has 5 rings (SSSR count). The molecule has 1 unspecified atom stereocenters. The van der Waals surface area contributed by atoms with Crippen molar-refractivity contribution in [3.05, 3.63) is 35.7 Å². The molecule has 222 valence electrons. The van der Waals surface area contributed by atoms with E-state index in [2.05, 4.69) is 10.6 Å². The van der Waals surface area contributed by atoms with Crippen LogP contribution in [0, 0.1) is 6.92 Å². The maximum Gasteiger partial charge on any atom is 0.407 e. The Labute approximate surface area is 242 Å². The van der Waals surface area contributed by atoms with E-state index in [0.717, 1.165) is 65.6 Å². The highest BCUT2D eigenvalue weighted by atomic mass is 32.2. The van der Waals surface area contributed by atoms with Crippen LogP contribution in [-0.4, -0.2) is 60.8 Å². The summed E-state index contributed by atoms with van der Waals surface area (Å²) >= 11 is 0. The fourth-order valence-corrected chi connectivity index (χ4v) is 6.30. The molecule has 3 aromatic rings. The van der Waals surface area contributed by atoms with E-state index in [1.807, 2.05) is 50.7 Å². The van der Waals surface area contributed by atoms with Crippen molar-refractivity contribution in [2.24, 2.45) is 0 Å². The van der Waals surface area contributed by atoms with Gasteiger partial charge in [0.2, 0.25) is 0 Å². The maximum atomic E-state index is 12.3. The lowest BCUT2D eigenvalue weighted by Gasteiger charge is -2.24. The summed E-state index contributed by atoms with van der Waals surface area (Å²) in [6.45, 7) is 9.13. The van der Waals surface area contributed by atoms with Crippen molar-refractivity contribution in [3.8, 4) is 11.3 Å². The monoisotopic (exact) mass is 583 g/mol. The summed E-state index contributed by atoms with van der Waals surface area (Å²) in [4.78, 5) is 17.2. The molecule has 1 aliphatic carbocycles. The van der Waals surface area contributed by atoms with Gasteiger partial charge in [-0.1, -0.05) is 6.07 Å². The van der Waals surface area contributed by atoms with Crippen LogP contribution in [0.2, 0.25) is 0 Å². The Kier molecular flexibility index (Phi) is 8.29. The normalized spacial score (nSPS) is 17.9. The van der Waals surface area contributed by atoms with Gasteiger partial charge in [0.1, 0.15) is 5.60 Å². The van der Waals surface area contributed by atoms with Gasteiger partial charge < -0.3 is 20.1 Å². The summed E-state index contributed by atoms with van der Waals surface area (Å²) in [5.41, 5.74) is 4.65. The van der Waals surface area contributed by atoms with Gasteiger partial charge in [0.05, 0.1) is 39.1 Å². The summed E-state index contributed by atoms with van der Waals surface area (Å²) in [5, 5.41) is 12.5. The molecule has 1 amide bonds. The second-order valence-electron chi connectivity index (χ2n) is 12.1. The van der Waals surface area contributed by atoms with Crippen LogP contribution in [0.5, 0.6) is 0 Å². The van der Waals surface area contributed by atoms with E-state index in [4.69, 9.17) is 19.6 Å². The van der Waals surface area contributed by atoms with Gasteiger partial charge in [-0.2, -0.15) is 5.10 Å². The number of amides is 1. The van der Waals surface area contributed by atoms with Crippen molar-refractivity contribution in [1.82, 2.24) is 20.1 Å². The molecule has 1 atom stereocenters. The SMILES string of the molecule is Cc1cc(-c2ncc(NCCCNC(=O)OC(C)(C)C)c3c2c(C2CC2)nn3C2CCCCO2)ccc1S(C)(=O)=O. The van der Waals surface area contributed by atoms with Crippen LogP contribution >= 0.6 is 0 Å². The molecule has 41 heavy (non-hydrogen) atoms. The number of fused-ring (bicyclic) bond motifs is 1. The maximum absolute atomic E-state index is 12.3. The molecule has 2 fully saturated rings. The smallest absolute Gasteiger partial charge is 0.407 e. The minimum atomic E-state index is -3.33. The summed E-state index contributed by atoms with van der Waals surface area (Å²) in [7, 11) is -3.33. The zero-order chi connectivity index (χ0) is 29.4. The quantitative estimate of drug-likeness (QED) is 0.307. The number of hydrogen-bond acceptors (Lipinski definition) is 8. The van der Waals surface area contributed by atoms with Gasteiger partial charge in [-0.15, -0.1) is 0 Å². The molecule has 11 heteroatoms. The van der Waals surface area contributed by atoms with Gasteiger partial charge in [0.15, 0.2) is 16.1 Å². The molecule has 2 N–H and O–H groups in total. The third-order valence-corrected chi connectivity index (χ3v) is 8.59. The Balaban J connectivity index is 1.49. The van der Waals surface area contributed by atoms with Crippen LogP contribution in [-0.2, 0) is 19.3 Å². The van der Waals surface area contributed by atoms with Crippen LogP contribution in [0.25, 0.3) is 22.2 Å². The van der Waals surface area contributed by atoms with Gasteiger partial charge in [-0.25, -0.2) is 17.9 Å². The van der Waals surface area contributed by atoms with Crippen LogP contribution in [0.15, 0.2) is 29.3 Å². The Bertz CT molecular complexity index is 1530. The Hall–Kier alpha value is -3.18. The fourth-order valence-electron chi connectivity index (χ4n) is 5.34. The van der Waals surface area contributed by atoms with Crippen LogP contribution in [0.1, 0.15) is 82.7 Å². The molecule has 3 heterocycles. The van der Waals surface area contributed by atoms with E-state index in [0.29, 0.717) is 42.5 Å². The summed E-state index contributed by atoms with van der Waals surface area (Å²) < 4.78 is 38.1. The van der Waals surface area contributed by atoms with E-state index in [9.17, 15) is 13.2 Å². The molecule has 1 saturated carbocycles. The number of sulfone groups is 1. The van der Waals surface area contributed by atoms with Crippen LogP contribution in [0.3, 0.4) is 0 Å². The second kappa shape index (κ2) is 11.6. The van der Waals surface area contributed by atoms with Crippen molar-refractivity contribution in [3.63, 3.8) is 0 Å². The number of rotatable bonds is 9. The van der Waals surface area contributed by atoms with E-state index >= 15 is 0 Å². The number of nitrogens with zero attached hydrogens (tertiary/aromatic N) is 3. The zero-order valence-corrected chi connectivity index (χ0v) is 25.4. The molecule has 2 aromatic heterocycles. The number of carbonyl (C=O) groups excluding carboxylic acids is 1. The second-order valence-corrected chi connectivity index (χ2v) is 14.1. The summed E-state index contributed by atoms with van der Waals surface area (Å²) in [6, 6.07) is 5.41. The third-order valence-electron chi connectivity index (χ3n) is 7.33. The highest BCUT2D eigenvalue weighted by Crippen LogP contribution is 2.47. The predicted molar refractivity (Wildman–Crippen MR) is 159 cm³/mol. The third kappa shape index (κ3) is 6.83. The minimum absolute atomic E-state index is 0.155. The highest BCUT2D eigenvalue weighted by Gasteiger charge is 2.34. The molecule has 2 aliphatic rings. The number of ether oxygens (including phenoxy) is 2. The van der Waals surface area contributed by atoms with E-state index in [-0.39, 0.29) is 6.23 Å². The van der Waals surface area contributed by atoms with Gasteiger partial charge in [0, 0.05) is 37.4 Å². The van der Waals surface area contributed by atoms with E-state index < -0.39 is 21.5 Å². The highest BCUT2D eigenvalue weighted by molar-refractivity contribution is 7.90. The Morgan fingerprint density at radius 2 is 1.95 bits per heavy atom. The molecule has 0 radical (unpaired) electrons.